The summed E-state index contributed by atoms with van der Waals surface area (Å²) in [5, 5.41) is 4.26. The zero-order chi connectivity index (χ0) is 15.0. The van der Waals surface area contributed by atoms with E-state index in [0.717, 1.165) is 18.1 Å². The summed E-state index contributed by atoms with van der Waals surface area (Å²) >= 11 is 0. The first kappa shape index (κ1) is 13.5. The summed E-state index contributed by atoms with van der Waals surface area (Å²) in [4.78, 5) is 10.7. The molecule has 5 heteroatoms. The first-order chi connectivity index (χ1) is 10.0. The molecule has 0 N–H and O–H groups in total. The van der Waals surface area contributed by atoms with Gasteiger partial charge in [0.15, 0.2) is 0 Å². The second-order valence-corrected chi connectivity index (χ2v) is 5.51. The number of benzene rings is 1. The largest absolute Gasteiger partial charge is 0.355 e. The summed E-state index contributed by atoms with van der Waals surface area (Å²) in [6.45, 7) is 7.07. The van der Waals surface area contributed by atoms with E-state index in [1.807, 2.05) is 13.0 Å². The van der Waals surface area contributed by atoms with Crippen molar-refractivity contribution in [2.45, 2.75) is 27.3 Å². The fourth-order valence-corrected chi connectivity index (χ4v) is 2.54. The highest BCUT2D eigenvalue weighted by Gasteiger charge is 2.11. The molecule has 108 valence electrons. The van der Waals surface area contributed by atoms with Gasteiger partial charge in [0.05, 0.1) is 0 Å². The molecule has 3 aromatic rings. The smallest absolute Gasteiger partial charge is 0.254 e. The van der Waals surface area contributed by atoms with Gasteiger partial charge in [0.25, 0.3) is 5.78 Å². The van der Waals surface area contributed by atoms with E-state index < -0.39 is 0 Å². The molecule has 0 saturated heterocycles. The zero-order valence-corrected chi connectivity index (χ0v) is 12.8. The number of rotatable bonds is 3. The topological polar surface area (TPSA) is 46.3 Å². The number of nitrogens with zero attached hydrogens (tertiary/aromatic N) is 5. The molecule has 0 radical (unpaired) electrons. The minimum Gasteiger partial charge on any atom is -0.355 e. The van der Waals surface area contributed by atoms with E-state index in [1.165, 1.54) is 23.0 Å². The van der Waals surface area contributed by atoms with E-state index in [2.05, 4.69) is 59.1 Å². The molecule has 0 aliphatic heterocycles. The Bertz CT molecular complexity index is 790. The number of aryl methyl sites for hydroxylation is 3. The summed E-state index contributed by atoms with van der Waals surface area (Å²) in [5.41, 5.74) is 4.85. The van der Waals surface area contributed by atoms with Gasteiger partial charge in [-0.3, -0.25) is 0 Å². The van der Waals surface area contributed by atoms with Gasteiger partial charge in [0.2, 0.25) is 0 Å². The highest BCUT2D eigenvalue weighted by Crippen LogP contribution is 2.19. The van der Waals surface area contributed by atoms with Gasteiger partial charge in [-0.05, 0) is 31.9 Å². The van der Waals surface area contributed by atoms with Crippen LogP contribution in [0.4, 0.5) is 5.82 Å². The van der Waals surface area contributed by atoms with Gasteiger partial charge < -0.3 is 4.90 Å². The standard InChI is InChI=1S/C16H19N5/c1-11-5-6-14(12(2)7-11)9-20(4)15-8-13(3)19-16-17-10-18-21(15)16/h5-8,10H,9H2,1-4H3. The third kappa shape index (κ3) is 2.59. The third-order valence-corrected chi connectivity index (χ3v) is 3.66. The van der Waals surface area contributed by atoms with Gasteiger partial charge in [-0.1, -0.05) is 23.8 Å². The average Bonchev–Trinajstić information content (AvgIpc) is 2.88. The monoisotopic (exact) mass is 281 g/mol. The van der Waals surface area contributed by atoms with Crippen LogP contribution in [-0.2, 0) is 6.54 Å². The van der Waals surface area contributed by atoms with Crippen molar-refractivity contribution in [3.8, 4) is 0 Å². The first-order valence-electron chi connectivity index (χ1n) is 6.99. The molecule has 5 nitrogen and oxygen atoms in total. The Labute approximate surface area is 124 Å². The zero-order valence-electron chi connectivity index (χ0n) is 12.8. The molecular formula is C16H19N5. The lowest BCUT2D eigenvalue weighted by atomic mass is 10.1. The molecule has 3 rings (SSSR count). The van der Waals surface area contributed by atoms with E-state index in [4.69, 9.17) is 0 Å². The van der Waals surface area contributed by atoms with Crippen molar-refractivity contribution in [1.29, 1.82) is 0 Å². The van der Waals surface area contributed by atoms with Gasteiger partial charge in [0.1, 0.15) is 12.1 Å². The molecule has 1 aromatic carbocycles. The maximum absolute atomic E-state index is 4.38. The van der Waals surface area contributed by atoms with Gasteiger partial charge >= 0.3 is 0 Å². The lowest BCUT2D eigenvalue weighted by molar-refractivity contribution is 0.824. The molecule has 21 heavy (non-hydrogen) atoms. The molecule has 0 bridgehead atoms. The molecular weight excluding hydrogens is 262 g/mol. The average molecular weight is 281 g/mol. The predicted molar refractivity (Wildman–Crippen MR) is 83.5 cm³/mol. The van der Waals surface area contributed by atoms with E-state index in [-0.39, 0.29) is 0 Å². The van der Waals surface area contributed by atoms with Gasteiger partial charge in [-0.2, -0.15) is 14.6 Å². The number of anilines is 1. The molecule has 0 unspecified atom stereocenters. The van der Waals surface area contributed by atoms with Gasteiger partial charge in [-0.25, -0.2) is 4.98 Å². The normalized spacial score (nSPS) is 11.0. The molecule has 0 atom stereocenters. The van der Waals surface area contributed by atoms with Crippen molar-refractivity contribution in [1.82, 2.24) is 19.6 Å². The third-order valence-electron chi connectivity index (χ3n) is 3.66. The van der Waals surface area contributed by atoms with Crippen LogP contribution < -0.4 is 4.90 Å². The Hall–Kier alpha value is -2.43. The maximum Gasteiger partial charge on any atom is 0.254 e. The Kier molecular flexibility index (Phi) is 3.33. The van der Waals surface area contributed by atoms with Crippen molar-refractivity contribution in [2.75, 3.05) is 11.9 Å². The summed E-state index contributed by atoms with van der Waals surface area (Å²) in [6.07, 6.45) is 1.54. The van der Waals surface area contributed by atoms with Crippen LogP contribution in [0.25, 0.3) is 5.78 Å². The predicted octanol–water partition coefficient (Wildman–Crippen LogP) is 2.69. The van der Waals surface area contributed by atoms with Crippen LogP contribution in [0.5, 0.6) is 0 Å². The summed E-state index contributed by atoms with van der Waals surface area (Å²) in [6, 6.07) is 8.59. The van der Waals surface area contributed by atoms with Gasteiger partial charge in [-0.15, -0.1) is 0 Å². The minimum atomic E-state index is 0.637. The first-order valence-corrected chi connectivity index (χ1v) is 6.99. The number of aromatic nitrogens is 4. The lowest BCUT2D eigenvalue weighted by Crippen LogP contribution is -2.20. The van der Waals surface area contributed by atoms with Crippen molar-refractivity contribution < 1.29 is 0 Å². The second-order valence-electron chi connectivity index (χ2n) is 5.51. The van der Waals surface area contributed by atoms with Crippen molar-refractivity contribution in [2.24, 2.45) is 0 Å². The number of hydrogen-bond acceptors (Lipinski definition) is 4. The van der Waals surface area contributed by atoms with Crippen LogP contribution in [0, 0.1) is 20.8 Å². The van der Waals surface area contributed by atoms with E-state index in [1.54, 1.807) is 4.52 Å². The van der Waals surface area contributed by atoms with E-state index in [0.29, 0.717) is 5.78 Å². The van der Waals surface area contributed by atoms with Crippen LogP contribution in [0.2, 0.25) is 0 Å². The molecule has 0 fully saturated rings. The SMILES string of the molecule is Cc1ccc(CN(C)c2cc(C)nc3ncnn23)c(C)c1. The molecule has 0 amide bonds. The fraction of sp³-hybridized carbons (Fsp3) is 0.312. The van der Waals surface area contributed by atoms with Crippen molar-refractivity contribution in [3.05, 3.63) is 53.0 Å². The molecule has 0 saturated carbocycles. The van der Waals surface area contributed by atoms with Gasteiger partial charge in [0, 0.05) is 25.4 Å². The Morgan fingerprint density at radius 1 is 1.14 bits per heavy atom. The van der Waals surface area contributed by atoms with Crippen LogP contribution in [0.3, 0.4) is 0 Å². The van der Waals surface area contributed by atoms with Crippen molar-refractivity contribution >= 4 is 11.6 Å². The van der Waals surface area contributed by atoms with Crippen LogP contribution >= 0.6 is 0 Å². The molecule has 0 aliphatic rings. The quantitative estimate of drug-likeness (QED) is 0.740. The minimum absolute atomic E-state index is 0.637. The second kappa shape index (κ2) is 5.16. The highest BCUT2D eigenvalue weighted by atomic mass is 15.4. The summed E-state index contributed by atoms with van der Waals surface area (Å²) in [7, 11) is 2.06. The number of fused-ring (bicyclic) bond motifs is 1. The molecule has 2 aromatic heterocycles. The van der Waals surface area contributed by atoms with Crippen LogP contribution in [-0.4, -0.2) is 26.6 Å². The summed E-state index contributed by atoms with van der Waals surface area (Å²) in [5.74, 6) is 1.63. The molecule has 0 aliphatic carbocycles. The Morgan fingerprint density at radius 3 is 2.71 bits per heavy atom. The number of hydrogen-bond donors (Lipinski definition) is 0. The highest BCUT2D eigenvalue weighted by molar-refractivity contribution is 5.47. The fourth-order valence-electron chi connectivity index (χ4n) is 2.54. The Morgan fingerprint density at radius 2 is 1.95 bits per heavy atom. The molecule has 2 heterocycles. The lowest BCUT2D eigenvalue weighted by Gasteiger charge is -2.21. The summed E-state index contributed by atoms with van der Waals surface area (Å²) < 4.78 is 1.77. The van der Waals surface area contributed by atoms with E-state index in [9.17, 15) is 0 Å². The van der Waals surface area contributed by atoms with Crippen LogP contribution in [0.15, 0.2) is 30.6 Å². The van der Waals surface area contributed by atoms with E-state index >= 15 is 0 Å². The van der Waals surface area contributed by atoms with Crippen molar-refractivity contribution in [3.63, 3.8) is 0 Å². The maximum atomic E-state index is 4.38. The van der Waals surface area contributed by atoms with Crippen LogP contribution in [0.1, 0.15) is 22.4 Å². The molecule has 0 spiro atoms. The Balaban J connectivity index is 1.97.